The molecular weight excluding hydrogens is 290 g/mol. The Morgan fingerprint density at radius 1 is 1.33 bits per heavy atom. The minimum absolute atomic E-state index is 0.636. The van der Waals surface area contributed by atoms with Crippen molar-refractivity contribution in [3.05, 3.63) is 52.3 Å². The minimum Gasteiger partial charge on any atom is -0.308 e. The number of nitrogens with one attached hydrogen (secondary N) is 2. The Kier molecular flexibility index (Phi) is 3.48. The third-order valence-electron chi connectivity index (χ3n) is 3.60. The van der Waals surface area contributed by atoms with Gasteiger partial charge in [-0.2, -0.15) is 5.10 Å². The van der Waals surface area contributed by atoms with Gasteiger partial charge in [0.2, 0.25) is 0 Å². The predicted octanol–water partition coefficient (Wildman–Crippen LogP) is 3.21. The highest BCUT2D eigenvalue weighted by Crippen LogP contribution is 2.37. The Morgan fingerprint density at radius 3 is 2.94 bits per heavy atom. The van der Waals surface area contributed by atoms with Gasteiger partial charge in [0.05, 0.1) is 0 Å². The second-order valence-corrected chi connectivity index (χ2v) is 5.80. The fourth-order valence-corrected chi connectivity index (χ4v) is 2.87. The van der Waals surface area contributed by atoms with Gasteiger partial charge in [0.1, 0.15) is 0 Å². The number of hydrogen-bond donors (Lipinski definition) is 2. The van der Waals surface area contributed by atoms with Gasteiger partial charge < -0.3 is 5.32 Å². The number of halogens is 1. The molecule has 2 aromatic rings. The maximum atomic E-state index is 3.95. The molecule has 0 aliphatic heterocycles. The van der Waals surface area contributed by atoms with Gasteiger partial charge in [0, 0.05) is 29.0 Å². The maximum Gasteiger partial charge on any atom is 0.0490 e. The van der Waals surface area contributed by atoms with Gasteiger partial charge in [0.15, 0.2) is 0 Å². The molecule has 1 aliphatic carbocycles. The minimum atomic E-state index is 0.636. The summed E-state index contributed by atoms with van der Waals surface area (Å²) in [6.07, 6.45) is 4.25. The second kappa shape index (κ2) is 5.24. The van der Waals surface area contributed by atoms with Gasteiger partial charge in [-0.05, 0) is 42.5 Å². The first kappa shape index (κ1) is 11.9. The van der Waals surface area contributed by atoms with Crippen molar-refractivity contribution in [3.8, 4) is 0 Å². The van der Waals surface area contributed by atoms with Crippen molar-refractivity contribution >= 4 is 15.9 Å². The highest BCUT2D eigenvalue weighted by molar-refractivity contribution is 9.10. The van der Waals surface area contributed by atoms with E-state index >= 15 is 0 Å². The molecule has 1 aliphatic rings. The summed E-state index contributed by atoms with van der Waals surface area (Å²) >= 11 is 3.53. The van der Waals surface area contributed by atoms with Crippen LogP contribution in [0.2, 0.25) is 0 Å². The molecule has 0 radical (unpaired) electrons. The van der Waals surface area contributed by atoms with Crippen LogP contribution >= 0.6 is 15.9 Å². The number of hydrogen-bond acceptors (Lipinski definition) is 2. The number of aromatic nitrogens is 2. The molecule has 1 fully saturated rings. The summed E-state index contributed by atoms with van der Waals surface area (Å²) in [5.41, 5.74) is 2.60. The van der Waals surface area contributed by atoms with Gasteiger partial charge in [-0.25, -0.2) is 0 Å². The third-order valence-corrected chi connectivity index (χ3v) is 4.09. The fraction of sp³-hybridized carbons (Fsp3) is 0.357. The molecule has 3 nitrogen and oxygen atoms in total. The summed E-state index contributed by atoms with van der Waals surface area (Å²) in [6, 6.07) is 11.3. The van der Waals surface area contributed by atoms with Crippen LogP contribution in [0.3, 0.4) is 0 Å². The molecule has 0 saturated heterocycles. The smallest absolute Gasteiger partial charge is 0.0490 e. The first-order valence-corrected chi connectivity index (χ1v) is 7.07. The van der Waals surface area contributed by atoms with Crippen LogP contribution in [0.1, 0.15) is 30.0 Å². The zero-order chi connectivity index (χ0) is 12.4. The normalized spacial score (nSPS) is 22.7. The van der Waals surface area contributed by atoms with Crippen LogP contribution in [-0.2, 0) is 6.54 Å². The molecule has 18 heavy (non-hydrogen) atoms. The Balaban J connectivity index is 1.48. The van der Waals surface area contributed by atoms with Crippen molar-refractivity contribution < 1.29 is 0 Å². The van der Waals surface area contributed by atoms with Crippen molar-refractivity contribution in [2.24, 2.45) is 0 Å². The Morgan fingerprint density at radius 2 is 2.22 bits per heavy atom. The van der Waals surface area contributed by atoms with Crippen LogP contribution in [0.4, 0.5) is 0 Å². The molecule has 4 heteroatoms. The molecule has 0 atom stereocenters. The van der Waals surface area contributed by atoms with E-state index in [-0.39, 0.29) is 0 Å². The molecule has 0 bridgehead atoms. The predicted molar refractivity (Wildman–Crippen MR) is 75.3 cm³/mol. The highest BCUT2D eigenvalue weighted by Gasteiger charge is 2.29. The first-order valence-electron chi connectivity index (χ1n) is 6.28. The zero-order valence-corrected chi connectivity index (χ0v) is 11.7. The van der Waals surface area contributed by atoms with Crippen LogP contribution < -0.4 is 5.32 Å². The van der Waals surface area contributed by atoms with E-state index in [0.29, 0.717) is 12.0 Å². The van der Waals surface area contributed by atoms with Crippen LogP contribution in [0, 0.1) is 0 Å². The van der Waals surface area contributed by atoms with Crippen LogP contribution in [0.15, 0.2) is 41.0 Å². The highest BCUT2D eigenvalue weighted by atomic mass is 79.9. The largest absolute Gasteiger partial charge is 0.308 e. The summed E-state index contributed by atoms with van der Waals surface area (Å²) in [5, 5.41) is 10.5. The van der Waals surface area contributed by atoms with Crippen molar-refractivity contribution in [1.29, 1.82) is 0 Å². The average Bonchev–Trinajstić information content (AvgIpc) is 2.80. The summed E-state index contributed by atoms with van der Waals surface area (Å²) in [4.78, 5) is 0. The fourth-order valence-electron chi connectivity index (χ4n) is 2.45. The lowest BCUT2D eigenvalue weighted by Gasteiger charge is -2.36. The van der Waals surface area contributed by atoms with E-state index in [9.17, 15) is 0 Å². The maximum absolute atomic E-state index is 3.95. The molecule has 3 rings (SSSR count). The van der Waals surface area contributed by atoms with Crippen molar-refractivity contribution in [2.75, 3.05) is 0 Å². The van der Waals surface area contributed by atoms with Crippen LogP contribution in [-0.4, -0.2) is 16.2 Å². The molecule has 0 unspecified atom stereocenters. The average molecular weight is 306 g/mol. The third kappa shape index (κ3) is 2.65. The Hall–Kier alpha value is -1.13. The monoisotopic (exact) mass is 305 g/mol. The van der Waals surface area contributed by atoms with Gasteiger partial charge in [-0.3, -0.25) is 5.10 Å². The number of benzene rings is 1. The van der Waals surface area contributed by atoms with E-state index in [0.717, 1.165) is 12.2 Å². The van der Waals surface area contributed by atoms with E-state index in [1.54, 1.807) is 6.20 Å². The lowest BCUT2D eigenvalue weighted by atomic mass is 9.76. The molecule has 94 valence electrons. The topological polar surface area (TPSA) is 40.7 Å². The summed E-state index contributed by atoms with van der Waals surface area (Å²) < 4.78 is 1.17. The molecule has 1 aromatic heterocycles. The summed E-state index contributed by atoms with van der Waals surface area (Å²) in [6.45, 7) is 0.885. The lowest BCUT2D eigenvalue weighted by molar-refractivity contribution is 0.288. The molecule has 1 aromatic carbocycles. The number of H-pyrrole nitrogens is 1. The van der Waals surface area contributed by atoms with Crippen LogP contribution in [0.5, 0.6) is 0 Å². The number of rotatable bonds is 4. The van der Waals surface area contributed by atoms with E-state index < -0.39 is 0 Å². The van der Waals surface area contributed by atoms with Crippen molar-refractivity contribution in [1.82, 2.24) is 15.5 Å². The van der Waals surface area contributed by atoms with E-state index in [4.69, 9.17) is 0 Å². The SMILES string of the molecule is Brc1cccc(C2CC(NCc3ccn[nH]3)C2)c1. The van der Waals surface area contributed by atoms with Crippen LogP contribution in [0.25, 0.3) is 0 Å². The Bertz CT molecular complexity index is 504. The molecular formula is C14H16BrN3. The standard InChI is InChI=1S/C14H16BrN3/c15-12-3-1-2-10(6-12)11-7-14(8-11)16-9-13-4-5-17-18-13/h1-6,11,14,16H,7-9H2,(H,17,18). The zero-order valence-electron chi connectivity index (χ0n) is 10.1. The van der Waals surface area contributed by atoms with Gasteiger partial charge >= 0.3 is 0 Å². The van der Waals surface area contributed by atoms with Gasteiger partial charge in [-0.15, -0.1) is 0 Å². The van der Waals surface area contributed by atoms with Gasteiger partial charge in [-0.1, -0.05) is 28.1 Å². The molecule has 0 amide bonds. The van der Waals surface area contributed by atoms with E-state index in [1.807, 2.05) is 6.07 Å². The van der Waals surface area contributed by atoms with E-state index in [1.165, 1.54) is 22.9 Å². The summed E-state index contributed by atoms with van der Waals surface area (Å²) in [7, 11) is 0. The molecule has 1 saturated carbocycles. The quantitative estimate of drug-likeness (QED) is 0.910. The number of aromatic amines is 1. The lowest BCUT2D eigenvalue weighted by Crippen LogP contribution is -2.39. The molecule has 0 spiro atoms. The number of nitrogens with zero attached hydrogens (tertiary/aromatic N) is 1. The van der Waals surface area contributed by atoms with Crippen molar-refractivity contribution in [3.63, 3.8) is 0 Å². The van der Waals surface area contributed by atoms with Gasteiger partial charge in [0.25, 0.3) is 0 Å². The van der Waals surface area contributed by atoms with Crippen molar-refractivity contribution in [2.45, 2.75) is 31.3 Å². The van der Waals surface area contributed by atoms with E-state index in [2.05, 4.69) is 55.7 Å². The second-order valence-electron chi connectivity index (χ2n) is 4.88. The Labute approximate surface area is 115 Å². The summed E-state index contributed by atoms with van der Waals surface area (Å²) in [5.74, 6) is 0.710. The molecule has 1 heterocycles. The first-order chi connectivity index (χ1) is 8.81. The molecule has 2 N–H and O–H groups in total.